The van der Waals surface area contributed by atoms with Crippen molar-refractivity contribution in [3.8, 4) is 17.2 Å². The van der Waals surface area contributed by atoms with E-state index in [1.165, 1.54) is 6.07 Å². The highest BCUT2D eigenvalue weighted by Gasteiger charge is 2.07. The van der Waals surface area contributed by atoms with Gasteiger partial charge in [0.2, 0.25) is 0 Å². The number of benzene rings is 2. The SMILES string of the molecule is N/N=C(/N)c1ccc(O)c(Oc2ccccc2)c1. The van der Waals surface area contributed by atoms with Crippen LogP contribution in [-0.2, 0) is 0 Å². The molecule has 0 bridgehead atoms. The van der Waals surface area contributed by atoms with Crippen LogP contribution in [0.5, 0.6) is 17.2 Å². The van der Waals surface area contributed by atoms with Gasteiger partial charge in [0.15, 0.2) is 11.5 Å². The van der Waals surface area contributed by atoms with E-state index >= 15 is 0 Å². The third-order valence-corrected chi connectivity index (χ3v) is 2.37. The number of nitrogens with two attached hydrogens (primary N) is 2. The van der Waals surface area contributed by atoms with Crippen molar-refractivity contribution in [3.63, 3.8) is 0 Å². The first-order chi connectivity index (χ1) is 8.70. The normalized spacial score (nSPS) is 11.2. The van der Waals surface area contributed by atoms with E-state index in [2.05, 4.69) is 5.10 Å². The van der Waals surface area contributed by atoms with E-state index in [1.54, 1.807) is 24.3 Å². The van der Waals surface area contributed by atoms with Crippen molar-refractivity contribution >= 4 is 5.84 Å². The average molecular weight is 243 g/mol. The molecule has 0 fully saturated rings. The molecule has 0 aromatic heterocycles. The van der Waals surface area contributed by atoms with Gasteiger partial charge in [-0.2, -0.15) is 5.10 Å². The van der Waals surface area contributed by atoms with Gasteiger partial charge in [-0.3, -0.25) is 0 Å². The summed E-state index contributed by atoms with van der Waals surface area (Å²) in [6.45, 7) is 0. The van der Waals surface area contributed by atoms with Gasteiger partial charge >= 0.3 is 0 Å². The van der Waals surface area contributed by atoms with E-state index in [0.29, 0.717) is 17.1 Å². The smallest absolute Gasteiger partial charge is 0.169 e. The van der Waals surface area contributed by atoms with Crippen molar-refractivity contribution in [1.82, 2.24) is 0 Å². The molecule has 0 atom stereocenters. The fourth-order valence-electron chi connectivity index (χ4n) is 1.45. The largest absolute Gasteiger partial charge is 0.504 e. The number of rotatable bonds is 3. The van der Waals surface area contributed by atoms with Gasteiger partial charge in [-0.1, -0.05) is 18.2 Å². The highest BCUT2D eigenvalue weighted by atomic mass is 16.5. The fourth-order valence-corrected chi connectivity index (χ4v) is 1.45. The summed E-state index contributed by atoms with van der Waals surface area (Å²) in [7, 11) is 0. The third-order valence-electron chi connectivity index (χ3n) is 2.37. The van der Waals surface area contributed by atoms with Crippen LogP contribution in [0.15, 0.2) is 53.6 Å². The highest BCUT2D eigenvalue weighted by molar-refractivity contribution is 5.97. The van der Waals surface area contributed by atoms with Crippen molar-refractivity contribution in [1.29, 1.82) is 0 Å². The zero-order chi connectivity index (χ0) is 13.0. The van der Waals surface area contributed by atoms with E-state index in [9.17, 15) is 5.11 Å². The summed E-state index contributed by atoms with van der Waals surface area (Å²) in [5.41, 5.74) is 6.18. The van der Waals surface area contributed by atoms with Crippen LogP contribution < -0.4 is 16.3 Å². The van der Waals surface area contributed by atoms with Gasteiger partial charge in [-0.25, -0.2) is 0 Å². The summed E-state index contributed by atoms with van der Waals surface area (Å²) in [4.78, 5) is 0. The Hall–Kier alpha value is -2.69. The molecular weight excluding hydrogens is 230 g/mol. The summed E-state index contributed by atoms with van der Waals surface area (Å²) >= 11 is 0. The number of nitrogens with zero attached hydrogens (tertiary/aromatic N) is 1. The Bertz CT molecular complexity index is 568. The van der Waals surface area contributed by atoms with Gasteiger partial charge in [-0.05, 0) is 30.3 Å². The summed E-state index contributed by atoms with van der Waals surface area (Å²) in [6, 6.07) is 13.8. The van der Waals surface area contributed by atoms with E-state index in [0.717, 1.165) is 0 Å². The highest BCUT2D eigenvalue weighted by Crippen LogP contribution is 2.31. The van der Waals surface area contributed by atoms with Crippen molar-refractivity contribution in [2.45, 2.75) is 0 Å². The molecule has 0 unspecified atom stereocenters. The molecule has 0 saturated carbocycles. The maximum Gasteiger partial charge on any atom is 0.169 e. The molecule has 18 heavy (non-hydrogen) atoms. The quantitative estimate of drug-likeness (QED) is 0.331. The lowest BCUT2D eigenvalue weighted by atomic mass is 10.2. The van der Waals surface area contributed by atoms with Crippen LogP contribution in [0.1, 0.15) is 5.56 Å². The van der Waals surface area contributed by atoms with Crippen molar-refractivity contribution in [2.24, 2.45) is 16.7 Å². The van der Waals surface area contributed by atoms with Gasteiger partial charge < -0.3 is 21.4 Å². The third kappa shape index (κ3) is 2.52. The number of amidine groups is 1. The van der Waals surface area contributed by atoms with Gasteiger partial charge in [0.25, 0.3) is 0 Å². The second kappa shape index (κ2) is 5.09. The Balaban J connectivity index is 2.33. The molecule has 0 aliphatic rings. The Kier molecular flexibility index (Phi) is 3.33. The maximum atomic E-state index is 9.71. The summed E-state index contributed by atoms with van der Waals surface area (Å²) in [6.07, 6.45) is 0. The molecule has 5 heteroatoms. The van der Waals surface area contributed by atoms with Gasteiger partial charge in [-0.15, -0.1) is 0 Å². The van der Waals surface area contributed by atoms with Crippen molar-refractivity contribution < 1.29 is 9.84 Å². The minimum atomic E-state index is 0.0208. The molecule has 0 spiro atoms. The Labute approximate surface area is 104 Å². The second-order valence-electron chi connectivity index (χ2n) is 3.61. The van der Waals surface area contributed by atoms with Gasteiger partial charge in [0.1, 0.15) is 11.6 Å². The van der Waals surface area contributed by atoms with E-state index < -0.39 is 0 Å². The van der Waals surface area contributed by atoms with Gasteiger partial charge in [0.05, 0.1) is 0 Å². The molecular formula is C13H13N3O2. The van der Waals surface area contributed by atoms with Crippen LogP contribution in [0.3, 0.4) is 0 Å². The predicted molar refractivity (Wildman–Crippen MR) is 69.5 cm³/mol. The number of hydrogen-bond acceptors (Lipinski definition) is 4. The summed E-state index contributed by atoms with van der Waals surface area (Å²) in [5.74, 6) is 6.21. The van der Waals surface area contributed by atoms with E-state index in [1.807, 2.05) is 18.2 Å². The second-order valence-corrected chi connectivity index (χ2v) is 3.61. The van der Waals surface area contributed by atoms with E-state index in [-0.39, 0.29) is 11.6 Å². The monoisotopic (exact) mass is 243 g/mol. The van der Waals surface area contributed by atoms with Crippen LogP contribution in [0.4, 0.5) is 0 Å². The fraction of sp³-hybridized carbons (Fsp3) is 0. The molecule has 92 valence electrons. The Morgan fingerprint density at radius 3 is 2.50 bits per heavy atom. The van der Waals surface area contributed by atoms with Crippen molar-refractivity contribution in [2.75, 3.05) is 0 Å². The molecule has 0 amide bonds. The number of phenols is 1. The van der Waals surface area contributed by atoms with Crippen LogP contribution in [0, 0.1) is 0 Å². The molecule has 5 nitrogen and oxygen atoms in total. The number of aromatic hydroxyl groups is 1. The lowest BCUT2D eigenvalue weighted by Gasteiger charge is -2.09. The maximum absolute atomic E-state index is 9.71. The Morgan fingerprint density at radius 1 is 1.11 bits per heavy atom. The summed E-state index contributed by atoms with van der Waals surface area (Å²) in [5, 5.41) is 13.1. The van der Waals surface area contributed by atoms with Crippen LogP contribution >= 0.6 is 0 Å². The molecule has 0 saturated heterocycles. The summed E-state index contributed by atoms with van der Waals surface area (Å²) < 4.78 is 5.54. The van der Waals surface area contributed by atoms with Crippen LogP contribution in [0.25, 0.3) is 0 Å². The standard InChI is InChI=1S/C13H13N3O2/c14-13(16-15)9-6-7-11(17)12(8-9)18-10-4-2-1-3-5-10/h1-8,17H,15H2,(H2,14,16). The molecule has 5 N–H and O–H groups in total. The molecule has 2 aromatic rings. The minimum absolute atomic E-state index is 0.0208. The number of hydrogen-bond donors (Lipinski definition) is 3. The first-order valence-corrected chi connectivity index (χ1v) is 5.30. The molecule has 0 radical (unpaired) electrons. The molecule has 2 aromatic carbocycles. The van der Waals surface area contributed by atoms with E-state index in [4.69, 9.17) is 16.3 Å². The molecule has 0 heterocycles. The molecule has 0 aliphatic carbocycles. The van der Waals surface area contributed by atoms with Crippen LogP contribution in [-0.4, -0.2) is 10.9 Å². The van der Waals surface area contributed by atoms with Crippen LogP contribution in [0.2, 0.25) is 0 Å². The topological polar surface area (TPSA) is 93.9 Å². The molecule has 2 rings (SSSR count). The first-order valence-electron chi connectivity index (χ1n) is 5.30. The number of phenolic OH excluding ortho intramolecular Hbond substituents is 1. The predicted octanol–water partition coefficient (Wildman–Crippen LogP) is 1.76. The lowest BCUT2D eigenvalue weighted by Crippen LogP contribution is -2.15. The molecule has 0 aliphatic heterocycles. The number of ether oxygens (including phenoxy) is 1. The Morgan fingerprint density at radius 2 is 1.83 bits per heavy atom. The number of hydrazone groups is 1. The zero-order valence-electron chi connectivity index (χ0n) is 9.58. The lowest BCUT2D eigenvalue weighted by molar-refractivity contribution is 0.411. The zero-order valence-corrected chi connectivity index (χ0v) is 9.58. The van der Waals surface area contributed by atoms with Crippen molar-refractivity contribution in [3.05, 3.63) is 54.1 Å². The average Bonchev–Trinajstić information content (AvgIpc) is 2.41. The minimum Gasteiger partial charge on any atom is -0.504 e. The first kappa shape index (κ1) is 11.8. The number of para-hydroxylation sites is 1. The van der Waals surface area contributed by atoms with Gasteiger partial charge in [0, 0.05) is 5.56 Å².